The number of carboxylic acid groups (broad SMARTS) is 1. The van der Waals surface area contributed by atoms with Crippen molar-refractivity contribution in [2.75, 3.05) is 0 Å². The summed E-state index contributed by atoms with van der Waals surface area (Å²) in [5, 5.41) is 7.65. The van der Waals surface area contributed by atoms with Crippen molar-refractivity contribution >= 4 is 17.1 Å². The van der Waals surface area contributed by atoms with E-state index in [-0.39, 0.29) is 0 Å². The molecule has 0 radical (unpaired) electrons. The van der Waals surface area contributed by atoms with Gasteiger partial charge in [-0.05, 0) is 17.2 Å². The molecule has 0 fully saturated rings. The molecule has 0 spiro atoms. The molecule has 0 saturated carbocycles. The number of alkyl halides is 3. The minimum Gasteiger partial charge on any atom is -0.473 e. The third-order valence-corrected chi connectivity index (χ3v) is 1.14. The summed E-state index contributed by atoms with van der Waals surface area (Å²) in [5.41, 5.74) is 0. The summed E-state index contributed by atoms with van der Waals surface area (Å²) in [6.07, 6.45) is -4.58. The van der Waals surface area contributed by atoms with Crippen molar-refractivity contribution in [1.82, 2.24) is 0 Å². The lowest BCUT2D eigenvalue weighted by atomic mass is 10.4. The lowest BCUT2D eigenvalue weighted by molar-refractivity contribution is -0.124. The fourth-order valence-corrected chi connectivity index (χ4v) is 0.597. The molecule has 0 amide bonds. The fraction of sp³-hybridized carbons (Fsp3) is 0.400. The number of hydrogen-bond donors (Lipinski definition) is 1. The molecule has 0 rings (SSSR count). The Kier molecular flexibility index (Phi) is 4.02. The number of allylic oxidation sites excluding steroid dienone is 1. The molecule has 0 bridgehead atoms. The van der Waals surface area contributed by atoms with Crippen LogP contribution < -0.4 is 0 Å². The maximum Gasteiger partial charge on any atom is 0.392 e. The lowest BCUT2D eigenvalue weighted by Crippen LogP contribution is -2.03. The van der Waals surface area contributed by atoms with E-state index in [1.165, 1.54) is 0 Å². The monoisotopic (exact) mass is 186 g/mol. The second-order valence-electron chi connectivity index (χ2n) is 1.57. The van der Waals surface area contributed by atoms with Crippen LogP contribution in [0.5, 0.6) is 0 Å². The molecule has 0 atom stereocenters. The minimum atomic E-state index is -4.25. The van der Waals surface area contributed by atoms with E-state index < -0.39 is 17.9 Å². The highest BCUT2D eigenvalue weighted by Gasteiger charge is 2.24. The Morgan fingerprint density at radius 3 is 2.45 bits per heavy atom. The first-order valence-electron chi connectivity index (χ1n) is 2.53. The second kappa shape index (κ2) is 4.27. The van der Waals surface area contributed by atoms with Crippen LogP contribution >= 0.6 is 11.8 Å². The van der Waals surface area contributed by atoms with Crippen molar-refractivity contribution < 1.29 is 23.1 Å². The van der Waals surface area contributed by atoms with Crippen LogP contribution in [-0.2, 0) is 0 Å². The zero-order chi connectivity index (χ0) is 8.91. The Morgan fingerprint density at radius 1 is 1.55 bits per heavy atom. The van der Waals surface area contributed by atoms with E-state index in [4.69, 9.17) is 5.11 Å². The molecule has 0 aliphatic heterocycles. The summed E-state index contributed by atoms with van der Waals surface area (Å²) in [4.78, 5) is 9.75. The predicted molar refractivity (Wildman–Crippen MR) is 35.4 cm³/mol. The van der Waals surface area contributed by atoms with Gasteiger partial charge < -0.3 is 5.11 Å². The van der Waals surface area contributed by atoms with Crippen molar-refractivity contribution in [1.29, 1.82) is 0 Å². The maximum absolute atomic E-state index is 11.4. The average Bonchev–Trinajstić information content (AvgIpc) is 1.78. The molecule has 0 aliphatic rings. The van der Waals surface area contributed by atoms with Gasteiger partial charge in [0, 0.05) is 0 Å². The van der Waals surface area contributed by atoms with Crippen molar-refractivity contribution in [3.05, 3.63) is 11.5 Å². The molecule has 0 aromatic heterocycles. The molecular formula is C5H5F3O2S. The number of thioether (sulfide) groups is 1. The van der Waals surface area contributed by atoms with Crippen LogP contribution in [0.1, 0.15) is 6.42 Å². The summed E-state index contributed by atoms with van der Waals surface area (Å²) in [6.45, 7) is 0. The van der Waals surface area contributed by atoms with Crippen LogP contribution in [0, 0.1) is 0 Å². The normalized spacial score (nSPS) is 12.3. The summed E-state index contributed by atoms with van der Waals surface area (Å²) in [6, 6.07) is 0. The summed E-state index contributed by atoms with van der Waals surface area (Å²) < 4.78 is 34.1. The highest BCUT2D eigenvalue weighted by atomic mass is 32.2. The topological polar surface area (TPSA) is 37.3 Å². The van der Waals surface area contributed by atoms with Crippen molar-refractivity contribution in [3.8, 4) is 0 Å². The van der Waals surface area contributed by atoms with Gasteiger partial charge in [0.05, 0.1) is 6.42 Å². The highest BCUT2D eigenvalue weighted by Crippen LogP contribution is 2.20. The molecule has 0 unspecified atom stereocenters. The molecule has 0 heterocycles. The summed E-state index contributed by atoms with van der Waals surface area (Å²) in [5.74, 6) is 0. The largest absolute Gasteiger partial charge is 0.473 e. The van der Waals surface area contributed by atoms with Crippen LogP contribution in [0.2, 0.25) is 0 Å². The molecule has 11 heavy (non-hydrogen) atoms. The van der Waals surface area contributed by atoms with Gasteiger partial charge in [0.25, 0.3) is 0 Å². The van der Waals surface area contributed by atoms with E-state index in [1.54, 1.807) is 0 Å². The van der Waals surface area contributed by atoms with Crippen molar-refractivity contribution in [2.24, 2.45) is 0 Å². The minimum absolute atomic E-state index is 0.308. The van der Waals surface area contributed by atoms with Gasteiger partial charge in [-0.25, -0.2) is 4.79 Å². The molecule has 0 aliphatic carbocycles. The Bertz CT molecular complexity index is 164. The summed E-state index contributed by atoms with van der Waals surface area (Å²) >= 11 is 0.308. The molecule has 1 N–H and O–H groups in total. The smallest absolute Gasteiger partial charge is 0.392 e. The Labute approximate surface area is 65.1 Å². The zero-order valence-corrected chi connectivity index (χ0v) is 6.08. The van der Waals surface area contributed by atoms with Crippen LogP contribution in [0.3, 0.4) is 0 Å². The number of halogens is 3. The molecule has 6 heteroatoms. The van der Waals surface area contributed by atoms with Gasteiger partial charge in [-0.2, -0.15) is 13.2 Å². The first kappa shape index (κ1) is 10.3. The SMILES string of the molecule is O=C(O)SC=CCC(F)(F)F. The van der Waals surface area contributed by atoms with E-state index in [2.05, 4.69) is 0 Å². The van der Waals surface area contributed by atoms with Gasteiger partial charge in [0.2, 0.25) is 0 Å². The standard InChI is InChI=1S/C5H5F3O2S/c6-5(7,8)2-1-3-11-4(9)10/h1,3H,2H2,(H,9,10). The van der Waals surface area contributed by atoms with E-state index in [9.17, 15) is 18.0 Å². The van der Waals surface area contributed by atoms with Gasteiger partial charge in [-0.1, -0.05) is 6.08 Å². The molecule has 0 aromatic rings. The summed E-state index contributed by atoms with van der Waals surface area (Å²) in [7, 11) is 0. The maximum atomic E-state index is 11.4. The van der Waals surface area contributed by atoms with E-state index >= 15 is 0 Å². The molecular weight excluding hydrogens is 181 g/mol. The Balaban J connectivity index is 3.53. The van der Waals surface area contributed by atoms with Crippen LogP contribution in [0.4, 0.5) is 18.0 Å². The van der Waals surface area contributed by atoms with E-state index in [0.717, 1.165) is 11.5 Å². The first-order valence-corrected chi connectivity index (χ1v) is 3.41. The van der Waals surface area contributed by atoms with Crippen molar-refractivity contribution in [2.45, 2.75) is 12.6 Å². The van der Waals surface area contributed by atoms with Crippen molar-refractivity contribution in [3.63, 3.8) is 0 Å². The Morgan fingerprint density at radius 2 is 2.09 bits per heavy atom. The molecule has 0 aromatic carbocycles. The van der Waals surface area contributed by atoms with E-state index in [0.29, 0.717) is 11.8 Å². The highest BCUT2D eigenvalue weighted by molar-refractivity contribution is 8.15. The predicted octanol–water partition coefficient (Wildman–Crippen LogP) is 2.86. The second-order valence-corrected chi connectivity index (χ2v) is 2.43. The van der Waals surface area contributed by atoms with Crippen LogP contribution in [0.15, 0.2) is 11.5 Å². The number of carbonyl (C=O) groups is 1. The average molecular weight is 186 g/mol. The number of hydrogen-bond acceptors (Lipinski definition) is 2. The lowest BCUT2D eigenvalue weighted by Gasteiger charge is -1.98. The van der Waals surface area contributed by atoms with Crippen LogP contribution in [-0.4, -0.2) is 16.6 Å². The van der Waals surface area contributed by atoms with Crippen LogP contribution in [0.25, 0.3) is 0 Å². The Hall–Kier alpha value is -0.650. The van der Waals surface area contributed by atoms with Gasteiger partial charge in [-0.3, -0.25) is 0 Å². The van der Waals surface area contributed by atoms with Gasteiger partial charge in [0.1, 0.15) is 0 Å². The first-order chi connectivity index (χ1) is 4.92. The van der Waals surface area contributed by atoms with Gasteiger partial charge in [-0.15, -0.1) is 0 Å². The third kappa shape index (κ3) is 9.35. The quantitative estimate of drug-likeness (QED) is 0.720. The van der Waals surface area contributed by atoms with Gasteiger partial charge in [0.15, 0.2) is 0 Å². The van der Waals surface area contributed by atoms with E-state index in [1.807, 2.05) is 0 Å². The zero-order valence-electron chi connectivity index (χ0n) is 5.26. The fourth-order valence-electron chi connectivity index (χ4n) is 0.288. The molecule has 2 nitrogen and oxygen atoms in total. The molecule has 64 valence electrons. The van der Waals surface area contributed by atoms with Gasteiger partial charge >= 0.3 is 11.5 Å². The third-order valence-electron chi connectivity index (χ3n) is 0.614. The molecule has 0 saturated heterocycles. The number of rotatable bonds is 2.